The molecule has 2 amide bonds. The van der Waals surface area contributed by atoms with E-state index in [-0.39, 0.29) is 71.9 Å². The Bertz CT molecular complexity index is 1420. The van der Waals surface area contributed by atoms with Crippen LogP contribution in [0.15, 0.2) is 12.4 Å². The summed E-state index contributed by atoms with van der Waals surface area (Å²) in [6.07, 6.45) is 13.8. The number of carbonyl (C=O) groups is 6. The molecule has 10 heteroatoms. The number of nitrogens with zero attached hydrogens (tertiary/aromatic N) is 3. The third-order valence-corrected chi connectivity index (χ3v) is 11.8. The second-order valence-corrected chi connectivity index (χ2v) is 16.9. The number of Topliss-reactive ketones (excluding diaryl/α,β-unsaturated/α-hetero) is 4. The number of amides is 2. The maximum Gasteiger partial charge on any atom is 0.246 e. The Kier molecular flexibility index (Phi) is 12.4. The molecule has 0 aromatic carbocycles. The van der Waals surface area contributed by atoms with Gasteiger partial charge in [-0.1, -0.05) is 59.8 Å². The van der Waals surface area contributed by atoms with Crippen molar-refractivity contribution in [3.05, 3.63) is 23.8 Å². The molecule has 0 spiro atoms. The van der Waals surface area contributed by atoms with E-state index in [1.165, 1.54) is 6.20 Å². The number of likely N-dealkylation sites (tertiary alicyclic amines) is 1. The van der Waals surface area contributed by atoms with Gasteiger partial charge in [0.15, 0.2) is 17.3 Å². The molecule has 1 aromatic heterocycles. The molecule has 3 aliphatic carbocycles. The topological polar surface area (TPSA) is 143 Å². The van der Waals surface area contributed by atoms with Crippen LogP contribution in [0.2, 0.25) is 0 Å². The number of fused-ring (bicyclic) bond motifs is 1. The molecule has 1 saturated heterocycles. The number of hydrogen-bond donors (Lipinski definition) is 1. The molecule has 5 rings (SSSR count). The molecule has 4 aliphatic rings. The fourth-order valence-corrected chi connectivity index (χ4v) is 8.81. The first-order valence-electron chi connectivity index (χ1n) is 19.3. The van der Waals surface area contributed by atoms with Crippen molar-refractivity contribution in [1.82, 2.24) is 20.2 Å². The molecule has 1 aliphatic heterocycles. The fraction of sp³-hybridized carbons (Fsp3) is 0.750. The van der Waals surface area contributed by atoms with Gasteiger partial charge in [-0.15, -0.1) is 0 Å². The normalized spacial score (nSPS) is 24.3. The highest BCUT2D eigenvalue weighted by Crippen LogP contribution is 2.44. The minimum atomic E-state index is -0.919. The molecular weight excluding hydrogens is 632 g/mol. The predicted octanol–water partition coefficient (Wildman–Crippen LogP) is 6.03. The Balaban J connectivity index is 1.36. The van der Waals surface area contributed by atoms with Crippen molar-refractivity contribution in [2.45, 2.75) is 143 Å². The highest BCUT2D eigenvalue weighted by Gasteiger charge is 2.52. The third-order valence-electron chi connectivity index (χ3n) is 11.8. The summed E-state index contributed by atoms with van der Waals surface area (Å²) in [6.45, 7) is 9.92. The van der Waals surface area contributed by atoms with E-state index in [1.807, 2.05) is 27.7 Å². The van der Waals surface area contributed by atoms with Crippen molar-refractivity contribution in [3.63, 3.8) is 0 Å². The van der Waals surface area contributed by atoms with Crippen LogP contribution < -0.4 is 5.32 Å². The van der Waals surface area contributed by atoms with Gasteiger partial charge in [0.25, 0.3) is 0 Å². The minimum absolute atomic E-state index is 0.00513. The quantitative estimate of drug-likeness (QED) is 0.164. The van der Waals surface area contributed by atoms with E-state index >= 15 is 0 Å². The molecule has 10 nitrogen and oxygen atoms in total. The summed E-state index contributed by atoms with van der Waals surface area (Å²) in [6, 6.07) is -1.60. The van der Waals surface area contributed by atoms with Crippen molar-refractivity contribution < 1.29 is 28.8 Å². The summed E-state index contributed by atoms with van der Waals surface area (Å²) in [7, 11) is 0. The van der Waals surface area contributed by atoms with E-state index in [9.17, 15) is 28.8 Å². The average Bonchev–Trinajstić information content (AvgIpc) is 3.65. The van der Waals surface area contributed by atoms with E-state index < -0.39 is 35.1 Å². The van der Waals surface area contributed by atoms with Gasteiger partial charge in [-0.25, -0.2) is 4.98 Å². The number of ketones is 4. The molecule has 6 atom stereocenters. The second kappa shape index (κ2) is 16.4. The summed E-state index contributed by atoms with van der Waals surface area (Å²) in [5, 5.41) is 3.11. The van der Waals surface area contributed by atoms with Crippen LogP contribution in [-0.4, -0.2) is 68.4 Å². The molecule has 0 unspecified atom stereocenters. The molecule has 3 saturated carbocycles. The lowest BCUT2D eigenvalue weighted by Gasteiger charge is -2.38. The summed E-state index contributed by atoms with van der Waals surface area (Å²) in [5.74, 6) is -2.60. The maximum absolute atomic E-state index is 14.7. The molecule has 1 aromatic rings. The number of aromatic nitrogens is 2. The second-order valence-electron chi connectivity index (χ2n) is 16.9. The summed E-state index contributed by atoms with van der Waals surface area (Å²) >= 11 is 0. The van der Waals surface area contributed by atoms with E-state index in [0.717, 1.165) is 64.2 Å². The Morgan fingerprint density at radius 2 is 1.62 bits per heavy atom. The number of nitrogens with one attached hydrogen (secondary N) is 1. The highest BCUT2D eigenvalue weighted by atomic mass is 16.2. The highest BCUT2D eigenvalue weighted by molar-refractivity contribution is 6.38. The van der Waals surface area contributed by atoms with E-state index in [1.54, 1.807) is 18.0 Å². The smallest absolute Gasteiger partial charge is 0.246 e. The molecule has 0 radical (unpaired) electrons. The van der Waals surface area contributed by atoms with Gasteiger partial charge in [-0.2, -0.15) is 0 Å². The van der Waals surface area contributed by atoms with Crippen molar-refractivity contribution in [1.29, 1.82) is 0 Å². The maximum atomic E-state index is 14.7. The van der Waals surface area contributed by atoms with E-state index in [2.05, 4.69) is 15.3 Å². The van der Waals surface area contributed by atoms with Crippen LogP contribution >= 0.6 is 0 Å². The molecule has 274 valence electrons. The molecule has 0 bridgehead atoms. The zero-order valence-electron chi connectivity index (χ0n) is 30.9. The first-order valence-corrected chi connectivity index (χ1v) is 19.3. The SMILES string of the molecule is CCC[C@H](CC(=O)[C@@H]1[C@H]2CCC[C@H]2CN1C(=O)[C@@H](NC(=O)[C@@H](CC(=O)c1cnc(C)cn1)C1CCCCC1)C(C)(C)C)C(=O)C(=O)CC1CC1. The largest absolute Gasteiger partial charge is 0.344 e. The van der Waals surface area contributed by atoms with Crippen LogP contribution in [0.25, 0.3) is 0 Å². The van der Waals surface area contributed by atoms with Gasteiger partial charge in [0.1, 0.15) is 11.7 Å². The standard InChI is InChI=1S/C40H58N4O6/c1-6-11-27(36(48)34(47)18-25-16-17-25)19-33(46)35-29-15-10-14-28(29)23-44(35)39(50)37(40(3,4)5)43-38(49)30(26-12-8-7-9-13-26)20-32(45)31-22-41-24(2)21-42-31/h21-22,25-30,35,37H,6-20,23H2,1-5H3,(H,43,49)/t27-,28+,29+,30+,35+,37-/m1/s1. The molecule has 50 heavy (non-hydrogen) atoms. The van der Waals surface area contributed by atoms with Crippen LogP contribution in [-0.2, 0) is 24.0 Å². The Morgan fingerprint density at radius 1 is 0.900 bits per heavy atom. The monoisotopic (exact) mass is 690 g/mol. The Morgan fingerprint density at radius 3 is 2.24 bits per heavy atom. The molecule has 4 fully saturated rings. The third kappa shape index (κ3) is 9.13. The van der Waals surface area contributed by atoms with Crippen molar-refractivity contribution in [3.8, 4) is 0 Å². The van der Waals surface area contributed by atoms with Gasteiger partial charge in [0.05, 0.1) is 17.9 Å². The van der Waals surface area contributed by atoms with Crippen molar-refractivity contribution in [2.24, 2.45) is 40.9 Å². The van der Waals surface area contributed by atoms with E-state index in [4.69, 9.17) is 0 Å². The van der Waals surface area contributed by atoms with Crippen LogP contribution in [0, 0.1) is 47.8 Å². The summed E-state index contributed by atoms with van der Waals surface area (Å²) in [5.41, 5.74) is 0.246. The Hall–Kier alpha value is -3.30. The number of rotatable bonds is 16. The van der Waals surface area contributed by atoms with Crippen molar-refractivity contribution in [2.75, 3.05) is 6.54 Å². The average molecular weight is 691 g/mol. The number of aryl methyl sites for hydroxylation is 1. The molecule has 1 N–H and O–H groups in total. The predicted molar refractivity (Wildman–Crippen MR) is 189 cm³/mol. The lowest BCUT2D eigenvalue weighted by Crippen LogP contribution is -2.58. The lowest BCUT2D eigenvalue weighted by atomic mass is 9.76. The van der Waals surface area contributed by atoms with Gasteiger partial charge in [-0.3, -0.25) is 33.8 Å². The summed E-state index contributed by atoms with van der Waals surface area (Å²) in [4.78, 5) is 92.9. The lowest BCUT2D eigenvalue weighted by molar-refractivity contribution is -0.146. The van der Waals surface area contributed by atoms with Gasteiger partial charge in [0, 0.05) is 43.8 Å². The minimum Gasteiger partial charge on any atom is -0.344 e. The van der Waals surface area contributed by atoms with E-state index in [0.29, 0.717) is 31.0 Å². The summed E-state index contributed by atoms with van der Waals surface area (Å²) < 4.78 is 0. The van der Waals surface area contributed by atoms with Crippen LogP contribution in [0.3, 0.4) is 0 Å². The van der Waals surface area contributed by atoms with Crippen LogP contribution in [0.4, 0.5) is 0 Å². The molecular formula is C40H58N4O6. The first-order chi connectivity index (χ1) is 23.8. The van der Waals surface area contributed by atoms with Gasteiger partial charge >= 0.3 is 0 Å². The van der Waals surface area contributed by atoms with Crippen LogP contribution in [0.1, 0.15) is 140 Å². The first kappa shape index (κ1) is 37.9. The van der Waals surface area contributed by atoms with Gasteiger partial charge in [-0.05, 0) is 81.0 Å². The fourth-order valence-electron chi connectivity index (χ4n) is 8.81. The van der Waals surface area contributed by atoms with Gasteiger partial charge < -0.3 is 10.2 Å². The van der Waals surface area contributed by atoms with Gasteiger partial charge in [0.2, 0.25) is 17.6 Å². The Labute approximate surface area is 297 Å². The zero-order valence-corrected chi connectivity index (χ0v) is 30.9. The van der Waals surface area contributed by atoms with Crippen LogP contribution in [0.5, 0.6) is 0 Å². The zero-order chi connectivity index (χ0) is 36.2. The van der Waals surface area contributed by atoms with Crippen molar-refractivity contribution >= 4 is 34.9 Å². The number of hydrogen-bond acceptors (Lipinski definition) is 8. The number of carbonyl (C=O) groups excluding carboxylic acids is 6. The molecule has 2 heterocycles.